The largest absolute Gasteiger partial charge is 0.507 e. The molecular weight excluding hydrogens is 654 g/mol. The van der Waals surface area contributed by atoms with E-state index in [1.165, 1.54) is 27.4 Å². The number of nitrogens with one attached hydrogen (secondary N) is 2. The molecule has 0 aliphatic carbocycles. The lowest BCUT2D eigenvalue weighted by molar-refractivity contribution is -0.121. The summed E-state index contributed by atoms with van der Waals surface area (Å²) in [6.07, 6.45) is 6.17. The minimum absolute atomic E-state index is 0.0415. The molecule has 2 heterocycles. The van der Waals surface area contributed by atoms with Gasteiger partial charge in [-0.2, -0.15) is 0 Å². The van der Waals surface area contributed by atoms with Crippen molar-refractivity contribution in [2.45, 2.75) is 70.3 Å². The van der Waals surface area contributed by atoms with Gasteiger partial charge in [-0.3, -0.25) is 9.59 Å². The van der Waals surface area contributed by atoms with Crippen molar-refractivity contribution in [3.63, 3.8) is 0 Å². The number of amides is 1. The number of fused-ring (bicyclic) bond motifs is 2. The highest BCUT2D eigenvalue weighted by molar-refractivity contribution is 5.98. The normalized spacial score (nSPS) is 16.1. The number of para-hydroxylation sites is 2. The summed E-state index contributed by atoms with van der Waals surface area (Å²) in [7, 11) is 4.39. The van der Waals surface area contributed by atoms with E-state index in [1.807, 2.05) is 24.3 Å². The van der Waals surface area contributed by atoms with E-state index < -0.39 is 23.7 Å². The summed E-state index contributed by atoms with van der Waals surface area (Å²) in [5.74, 6) is -1.20. The van der Waals surface area contributed by atoms with E-state index in [0.717, 1.165) is 11.0 Å². The number of carbonyl (C=O) groups excluding carboxylic acids is 3. The number of phenols is 2. The number of H-pyrrole nitrogens is 1. The fraction of sp³-hybridized carbons (Fsp3) is 0.385. The lowest BCUT2D eigenvalue weighted by Crippen LogP contribution is -2.28. The van der Waals surface area contributed by atoms with Crippen LogP contribution >= 0.6 is 0 Å². The molecule has 5 rings (SSSR count). The second-order valence-electron chi connectivity index (χ2n) is 12.6. The van der Waals surface area contributed by atoms with Gasteiger partial charge < -0.3 is 39.5 Å². The van der Waals surface area contributed by atoms with Gasteiger partial charge in [-0.1, -0.05) is 24.3 Å². The second kappa shape index (κ2) is 16.9. The van der Waals surface area contributed by atoms with Gasteiger partial charge in [0.15, 0.2) is 11.5 Å². The van der Waals surface area contributed by atoms with Gasteiger partial charge in [-0.25, -0.2) is 9.78 Å². The Labute approximate surface area is 296 Å². The maximum Gasteiger partial charge on any atom is 0.342 e. The third kappa shape index (κ3) is 8.80. The van der Waals surface area contributed by atoms with Crippen LogP contribution in [0.1, 0.15) is 90.7 Å². The molecule has 0 spiro atoms. The Balaban J connectivity index is 1.54. The monoisotopic (exact) mass is 699 g/mol. The standard InChI is InChI=1S/C39H45N3O9/c1-23-11-10-14-26(43)13-7-5-6-12-24-19-30(44)36(37(46)35(24)39(47)51-23)27(25-20-31(48-2)38(50-4)32(21-25)49-3)22-34(45)40-18-17-33-41-28-15-8-9-16-29(28)42-33/h6,8-9,12,15-16,19-21,23,27,44,46H,5,7,10-11,13-14,17-18,22H2,1-4H3,(H,40,45)(H,41,42)/t23-,27?/m0/s1. The molecule has 0 radical (unpaired) electrons. The molecule has 1 aliphatic rings. The molecule has 1 aliphatic heterocycles. The first-order valence-corrected chi connectivity index (χ1v) is 17.1. The Morgan fingerprint density at radius 3 is 2.47 bits per heavy atom. The first kappa shape index (κ1) is 36.8. The summed E-state index contributed by atoms with van der Waals surface area (Å²) >= 11 is 0. The number of aromatic hydroxyl groups is 2. The molecule has 51 heavy (non-hydrogen) atoms. The van der Waals surface area contributed by atoms with Crippen LogP contribution in [0.25, 0.3) is 17.1 Å². The van der Waals surface area contributed by atoms with Crippen molar-refractivity contribution in [3.8, 4) is 28.7 Å². The van der Waals surface area contributed by atoms with Gasteiger partial charge in [0, 0.05) is 43.7 Å². The zero-order valence-corrected chi connectivity index (χ0v) is 29.4. The van der Waals surface area contributed by atoms with Crippen LogP contribution in [0.3, 0.4) is 0 Å². The van der Waals surface area contributed by atoms with E-state index in [2.05, 4.69) is 15.3 Å². The number of benzene rings is 3. The Kier molecular flexibility index (Phi) is 12.2. The number of rotatable bonds is 10. The van der Waals surface area contributed by atoms with Crippen LogP contribution < -0.4 is 19.5 Å². The number of hydrogen-bond donors (Lipinski definition) is 4. The lowest BCUT2D eigenvalue weighted by Gasteiger charge is -2.24. The highest BCUT2D eigenvalue weighted by atomic mass is 16.5. The molecule has 12 heteroatoms. The summed E-state index contributed by atoms with van der Waals surface area (Å²) in [6, 6.07) is 12.3. The number of aromatic amines is 1. The predicted octanol–water partition coefficient (Wildman–Crippen LogP) is 6.36. The van der Waals surface area contributed by atoms with Crippen LogP contribution in [0.15, 0.2) is 48.5 Å². The van der Waals surface area contributed by atoms with E-state index in [1.54, 1.807) is 31.2 Å². The first-order valence-electron chi connectivity index (χ1n) is 17.1. The fourth-order valence-electron chi connectivity index (χ4n) is 6.41. The second-order valence-corrected chi connectivity index (χ2v) is 12.6. The SMILES string of the molecule is COc1cc(C(CC(=O)NCCc2nc3ccccc3[nH]2)c2c(O)cc3c(c2O)C(=O)O[C@@H](C)CCCC(=O)CCCC=C3)cc(OC)c1OC. The van der Waals surface area contributed by atoms with E-state index in [9.17, 15) is 24.6 Å². The molecule has 270 valence electrons. The molecular formula is C39H45N3O9. The number of methoxy groups -OCH3 is 3. The number of allylic oxidation sites excluding steroid dienone is 1. The van der Waals surface area contributed by atoms with Crippen molar-refractivity contribution in [3.05, 3.63) is 76.6 Å². The first-order chi connectivity index (χ1) is 24.6. The molecule has 0 saturated heterocycles. The number of aromatic nitrogens is 2. The number of hydrogen-bond acceptors (Lipinski definition) is 10. The average molecular weight is 700 g/mol. The molecule has 3 aromatic carbocycles. The van der Waals surface area contributed by atoms with Crippen molar-refractivity contribution in [1.82, 2.24) is 15.3 Å². The molecule has 4 aromatic rings. The highest BCUT2D eigenvalue weighted by Crippen LogP contribution is 2.47. The lowest BCUT2D eigenvalue weighted by atomic mass is 9.84. The van der Waals surface area contributed by atoms with Crippen molar-refractivity contribution < 1.29 is 43.5 Å². The van der Waals surface area contributed by atoms with Gasteiger partial charge in [0.25, 0.3) is 0 Å². The molecule has 2 atom stereocenters. The number of Topliss-reactive ketones (excluding diaryl/α,β-unsaturated/α-hetero) is 1. The maximum absolute atomic E-state index is 13.7. The third-order valence-electron chi connectivity index (χ3n) is 9.00. The molecule has 12 nitrogen and oxygen atoms in total. The molecule has 1 amide bonds. The Hall–Kier alpha value is -5.52. The number of ketones is 1. The molecule has 4 N–H and O–H groups in total. The van der Waals surface area contributed by atoms with Crippen LogP contribution in [0.2, 0.25) is 0 Å². The Bertz CT molecular complexity index is 1860. The molecule has 0 fully saturated rings. The third-order valence-corrected chi connectivity index (χ3v) is 9.00. The smallest absolute Gasteiger partial charge is 0.342 e. The number of nitrogens with zero attached hydrogens (tertiary/aromatic N) is 1. The number of cyclic esters (lactones) is 1. The molecule has 0 bridgehead atoms. The number of esters is 1. The van der Waals surface area contributed by atoms with Crippen molar-refractivity contribution >= 4 is 34.8 Å². The fourth-order valence-corrected chi connectivity index (χ4v) is 6.41. The maximum atomic E-state index is 13.7. The topological polar surface area (TPSA) is 169 Å². The summed E-state index contributed by atoms with van der Waals surface area (Å²) in [5.41, 5.74) is 2.24. The van der Waals surface area contributed by atoms with E-state index in [0.29, 0.717) is 73.6 Å². The Morgan fingerprint density at radius 2 is 1.76 bits per heavy atom. The quantitative estimate of drug-likeness (QED) is 0.137. The summed E-state index contributed by atoms with van der Waals surface area (Å²) in [5, 5.41) is 26.4. The van der Waals surface area contributed by atoms with Gasteiger partial charge in [-0.15, -0.1) is 0 Å². The Morgan fingerprint density at radius 1 is 1.04 bits per heavy atom. The van der Waals surface area contributed by atoms with Gasteiger partial charge in [0.1, 0.15) is 28.7 Å². The number of imidazole rings is 1. The highest BCUT2D eigenvalue weighted by Gasteiger charge is 2.32. The van der Waals surface area contributed by atoms with Crippen molar-refractivity contribution in [2.24, 2.45) is 0 Å². The number of phenolic OH excluding ortho intramolecular Hbond substituents is 2. The van der Waals surface area contributed by atoms with Gasteiger partial charge in [-0.05, 0) is 74.1 Å². The van der Waals surface area contributed by atoms with Crippen molar-refractivity contribution in [2.75, 3.05) is 27.9 Å². The van der Waals surface area contributed by atoms with Gasteiger partial charge in [0.05, 0.1) is 38.5 Å². The van der Waals surface area contributed by atoms with E-state index in [4.69, 9.17) is 18.9 Å². The number of ether oxygens (including phenoxy) is 4. The predicted molar refractivity (Wildman–Crippen MR) is 192 cm³/mol. The summed E-state index contributed by atoms with van der Waals surface area (Å²) < 4.78 is 22.4. The van der Waals surface area contributed by atoms with Crippen LogP contribution in [0.5, 0.6) is 28.7 Å². The average Bonchev–Trinajstić information content (AvgIpc) is 3.52. The van der Waals surface area contributed by atoms with E-state index >= 15 is 0 Å². The summed E-state index contributed by atoms with van der Waals surface area (Å²) in [4.78, 5) is 47.4. The zero-order chi connectivity index (χ0) is 36.5. The zero-order valence-electron chi connectivity index (χ0n) is 29.4. The van der Waals surface area contributed by atoms with Crippen LogP contribution in [0.4, 0.5) is 0 Å². The van der Waals surface area contributed by atoms with Crippen LogP contribution in [-0.4, -0.2) is 71.8 Å². The van der Waals surface area contributed by atoms with Gasteiger partial charge in [0.2, 0.25) is 11.7 Å². The van der Waals surface area contributed by atoms with Crippen LogP contribution in [0, 0.1) is 0 Å². The molecule has 1 unspecified atom stereocenters. The van der Waals surface area contributed by atoms with Crippen LogP contribution in [-0.2, 0) is 20.7 Å². The minimum atomic E-state index is -0.983. The molecule has 1 aromatic heterocycles. The van der Waals surface area contributed by atoms with Crippen molar-refractivity contribution in [1.29, 1.82) is 0 Å². The summed E-state index contributed by atoms with van der Waals surface area (Å²) in [6.45, 7) is 2.00. The molecule has 0 saturated carbocycles. The van der Waals surface area contributed by atoms with Gasteiger partial charge >= 0.3 is 5.97 Å². The minimum Gasteiger partial charge on any atom is -0.507 e. The number of carbonyl (C=O) groups is 3. The van der Waals surface area contributed by atoms with E-state index in [-0.39, 0.29) is 47.1 Å².